The summed E-state index contributed by atoms with van der Waals surface area (Å²) in [5, 5.41) is 0. The summed E-state index contributed by atoms with van der Waals surface area (Å²) in [4.78, 5) is 13.4. The first kappa shape index (κ1) is 12.0. The molecule has 4 heteroatoms. The number of halogens is 1. The van der Waals surface area contributed by atoms with E-state index in [1.807, 2.05) is 35.2 Å². The number of rotatable bonds is 3. The predicted octanol–water partition coefficient (Wildman–Crippen LogP) is 1.77. The van der Waals surface area contributed by atoms with Crippen LogP contribution in [0, 0.1) is 0 Å². The standard InChI is InChI=1S/C13H16FNO2/c1-17-13(16)12-7-11(14)9-15(12)8-10-5-3-2-4-6-10/h2-6,11-12H,7-9H2,1H3/t11-,12+/m0/s1. The molecule has 0 saturated carbocycles. The van der Waals surface area contributed by atoms with Crippen molar-refractivity contribution >= 4 is 5.97 Å². The Morgan fingerprint density at radius 1 is 1.47 bits per heavy atom. The van der Waals surface area contributed by atoms with Gasteiger partial charge in [-0.2, -0.15) is 0 Å². The summed E-state index contributed by atoms with van der Waals surface area (Å²) in [5.41, 5.74) is 1.08. The lowest BCUT2D eigenvalue weighted by atomic mass is 10.2. The Morgan fingerprint density at radius 2 is 2.18 bits per heavy atom. The van der Waals surface area contributed by atoms with E-state index < -0.39 is 12.2 Å². The molecule has 1 aromatic carbocycles. The highest BCUT2D eigenvalue weighted by Crippen LogP contribution is 2.23. The number of esters is 1. The first-order valence-electron chi connectivity index (χ1n) is 5.70. The van der Waals surface area contributed by atoms with Crippen molar-refractivity contribution in [3.8, 4) is 0 Å². The van der Waals surface area contributed by atoms with Gasteiger partial charge in [0.15, 0.2) is 0 Å². The lowest BCUT2D eigenvalue weighted by molar-refractivity contribution is -0.146. The third kappa shape index (κ3) is 2.82. The molecule has 1 aliphatic rings. The second-order valence-corrected chi connectivity index (χ2v) is 4.29. The number of nitrogens with zero attached hydrogens (tertiary/aromatic N) is 1. The fraction of sp³-hybridized carbons (Fsp3) is 0.462. The zero-order valence-electron chi connectivity index (χ0n) is 9.80. The number of carbonyl (C=O) groups is 1. The van der Waals surface area contributed by atoms with Gasteiger partial charge >= 0.3 is 5.97 Å². The molecule has 1 saturated heterocycles. The summed E-state index contributed by atoms with van der Waals surface area (Å²) in [7, 11) is 1.34. The second-order valence-electron chi connectivity index (χ2n) is 4.29. The van der Waals surface area contributed by atoms with Crippen molar-refractivity contribution < 1.29 is 13.9 Å². The molecule has 17 heavy (non-hydrogen) atoms. The van der Waals surface area contributed by atoms with Crippen LogP contribution >= 0.6 is 0 Å². The van der Waals surface area contributed by atoms with Crippen LogP contribution in [0.4, 0.5) is 4.39 Å². The van der Waals surface area contributed by atoms with E-state index in [4.69, 9.17) is 4.74 Å². The third-order valence-electron chi connectivity index (χ3n) is 3.05. The van der Waals surface area contributed by atoms with Crippen molar-refractivity contribution in [2.75, 3.05) is 13.7 Å². The van der Waals surface area contributed by atoms with Crippen molar-refractivity contribution in [2.24, 2.45) is 0 Å². The Labute approximate surface area is 100 Å². The monoisotopic (exact) mass is 237 g/mol. The van der Waals surface area contributed by atoms with Gasteiger partial charge in [-0.1, -0.05) is 30.3 Å². The summed E-state index contributed by atoms with van der Waals surface area (Å²) in [6.45, 7) is 0.885. The number of benzene rings is 1. The Bertz CT molecular complexity index is 382. The van der Waals surface area contributed by atoms with Crippen LogP contribution in [0.15, 0.2) is 30.3 Å². The van der Waals surface area contributed by atoms with Gasteiger partial charge in [0.25, 0.3) is 0 Å². The maximum absolute atomic E-state index is 13.4. The van der Waals surface area contributed by atoms with Gasteiger partial charge in [0.1, 0.15) is 12.2 Å². The zero-order chi connectivity index (χ0) is 12.3. The van der Waals surface area contributed by atoms with Gasteiger partial charge in [0, 0.05) is 19.5 Å². The first-order valence-corrected chi connectivity index (χ1v) is 5.70. The van der Waals surface area contributed by atoms with Gasteiger partial charge in [-0.05, 0) is 5.56 Å². The van der Waals surface area contributed by atoms with Crippen molar-refractivity contribution in [2.45, 2.75) is 25.2 Å². The molecule has 0 spiro atoms. The van der Waals surface area contributed by atoms with Gasteiger partial charge in [0.2, 0.25) is 0 Å². The maximum Gasteiger partial charge on any atom is 0.323 e. The molecule has 1 fully saturated rings. The van der Waals surface area contributed by atoms with Crippen molar-refractivity contribution in [1.82, 2.24) is 4.90 Å². The minimum atomic E-state index is -0.942. The van der Waals surface area contributed by atoms with Gasteiger partial charge in [-0.25, -0.2) is 4.39 Å². The smallest absolute Gasteiger partial charge is 0.323 e. The summed E-state index contributed by atoms with van der Waals surface area (Å²) in [6.07, 6.45) is -0.706. The molecule has 1 aliphatic heterocycles. The van der Waals surface area contributed by atoms with Crippen molar-refractivity contribution in [3.63, 3.8) is 0 Å². The highest BCUT2D eigenvalue weighted by atomic mass is 19.1. The number of ether oxygens (including phenoxy) is 1. The minimum absolute atomic E-state index is 0.236. The fourth-order valence-corrected chi connectivity index (χ4v) is 2.22. The van der Waals surface area contributed by atoms with Crippen molar-refractivity contribution in [3.05, 3.63) is 35.9 Å². The van der Waals surface area contributed by atoms with Crippen LogP contribution in [0.3, 0.4) is 0 Å². The largest absolute Gasteiger partial charge is 0.468 e. The molecular formula is C13H16FNO2. The van der Waals surface area contributed by atoms with Crippen LogP contribution in [0.25, 0.3) is 0 Å². The van der Waals surface area contributed by atoms with E-state index >= 15 is 0 Å². The molecular weight excluding hydrogens is 221 g/mol. The van der Waals surface area contributed by atoms with E-state index in [1.165, 1.54) is 7.11 Å². The van der Waals surface area contributed by atoms with Crippen LogP contribution in [0.1, 0.15) is 12.0 Å². The Morgan fingerprint density at radius 3 is 2.82 bits per heavy atom. The molecule has 2 atom stereocenters. The minimum Gasteiger partial charge on any atom is -0.468 e. The number of likely N-dealkylation sites (tertiary alicyclic amines) is 1. The number of hydrogen-bond donors (Lipinski definition) is 0. The van der Waals surface area contributed by atoms with Gasteiger partial charge in [-0.3, -0.25) is 9.69 Å². The summed E-state index contributed by atoms with van der Waals surface area (Å²) in [6, 6.07) is 9.30. The van der Waals surface area contributed by atoms with E-state index in [9.17, 15) is 9.18 Å². The summed E-state index contributed by atoms with van der Waals surface area (Å²) >= 11 is 0. The highest BCUT2D eigenvalue weighted by Gasteiger charge is 2.37. The summed E-state index contributed by atoms with van der Waals surface area (Å²) < 4.78 is 18.1. The Balaban J connectivity index is 2.06. The van der Waals surface area contributed by atoms with Crippen LogP contribution in [-0.4, -0.2) is 36.7 Å². The van der Waals surface area contributed by atoms with Gasteiger partial charge < -0.3 is 4.74 Å². The molecule has 0 bridgehead atoms. The molecule has 1 aromatic rings. The average molecular weight is 237 g/mol. The molecule has 92 valence electrons. The lowest BCUT2D eigenvalue weighted by Crippen LogP contribution is -2.36. The van der Waals surface area contributed by atoms with Gasteiger partial charge in [0.05, 0.1) is 7.11 Å². The third-order valence-corrected chi connectivity index (χ3v) is 3.05. The topological polar surface area (TPSA) is 29.5 Å². The zero-order valence-corrected chi connectivity index (χ0v) is 9.80. The number of carbonyl (C=O) groups excluding carboxylic acids is 1. The molecule has 0 amide bonds. The molecule has 2 rings (SSSR count). The van der Waals surface area contributed by atoms with E-state index in [0.29, 0.717) is 13.1 Å². The van der Waals surface area contributed by atoms with Gasteiger partial charge in [-0.15, -0.1) is 0 Å². The van der Waals surface area contributed by atoms with Crippen molar-refractivity contribution in [1.29, 1.82) is 0 Å². The molecule has 0 aromatic heterocycles. The molecule has 0 N–H and O–H groups in total. The SMILES string of the molecule is COC(=O)[C@H]1C[C@H](F)CN1Cc1ccccc1. The molecule has 0 aliphatic carbocycles. The maximum atomic E-state index is 13.4. The van der Waals surface area contributed by atoms with E-state index in [2.05, 4.69) is 0 Å². The Kier molecular flexibility index (Phi) is 3.74. The van der Waals surface area contributed by atoms with Crippen LogP contribution in [-0.2, 0) is 16.1 Å². The molecule has 0 unspecified atom stereocenters. The van der Waals surface area contributed by atoms with Crippen LogP contribution < -0.4 is 0 Å². The first-order chi connectivity index (χ1) is 8.20. The number of alkyl halides is 1. The van der Waals surface area contributed by atoms with Crippen LogP contribution in [0.2, 0.25) is 0 Å². The molecule has 0 radical (unpaired) electrons. The fourth-order valence-electron chi connectivity index (χ4n) is 2.22. The quantitative estimate of drug-likeness (QED) is 0.750. The van der Waals surface area contributed by atoms with E-state index in [-0.39, 0.29) is 12.4 Å². The number of hydrogen-bond acceptors (Lipinski definition) is 3. The normalized spacial score (nSPS) is 24.8. The predicted molar refractivity (Wildman–Crippen MR) is 62.2 cm³/mol. The molecule has 1 heterocycles. The molecule has 3 nitrogen and oxygen atoms in total. The van der Waals surface area contributed by atoms with E-state index in [0.717, 1.165) is 5.56 Å². The second kappa shape index (κ2) is 5.27. The lowest BCUT2D eigenvalue weighted by Gasteiger charge is -2.21. The Hall–Kier alpha value is -1.42. The summed E-state index contributed by atoms with van der Waals surface area (Å²) in [5.74, 6) is -0.346. The average Bonchev–Trinajstić information content (AvgIpc) is 2.70. The van der Waals surface area contributed by atoms with Crippen LogP contribution in [0.5, 0.6) is 0 Å². The number of methoxy groups -OCH3 is 1. The van der Waals surface area contributed by atoms with E-state index in [1.54, 1.807) is 0 Å². The highest BCUT2D eigenvalue weighted by molar-refractivity contribution is 5.76.